The molecule has 2 rings (SSSR count). The second kappa shape index (κ2) is 6.69. The Hall–Kier alpha value is -1.92. The summed E-state index contributed by atoms with van der Waals surface area (Å²) in [6.45, 7) is 0. The normalized spacial score (nSPS) is 10.4. The Morgan fingerprint density at radius 1 is 1.24 bits per heavy atom. The van der Waals surface area contributed by atoms with Gasteiger partial charge in [0.25, 0.3) is 0 Å². The number of rotatable bonds is 5. The standard InChI is InChI=1S/C13H10Cl2FN3O2/c14-8-3-1-7(2-5-10(17)20)12(16)13(8)21-11-6-4-9(15)18-19-11/h1,3-4,6H,2,5H2,(H2,17,20). The van der Waals surface area contributed by atoms with E-state index < -0.39 is 11.7 Å². The summed E-state index contributed by atoms with van der Waals surface area (Å²) in [4.78, 5) is 10.8. The van der Waals surface area contributed by atoms with Crippen molar-refractivity contribution in [2.75, 3.05) is 0 Å². The van der Waals surface area contributed by atoms with Gasteiger partial charge in [-0.2, -0.15) is 0 Å². The smallest absolute Gasteiger partial charge is 0.239 e. The molecule has 5 nitrogen and oxygen atoms in total. The molecule has 110 valence electrons. The van der Waals surface area contributed by atoms with E-state index in [1.807, 2.05) is 0 Å². The molecule has 0 bridgehead atoms. The first-order valence-electron chi connectivity index (χ1n) is 5.89. The van der Waals surface area contributed by atoms with Crippen molar-refractivity contribution in [2.45, 2.75) is 12.8 Å². The van der Waals surface area contributed by atoms with Gasteiger partial charge in [-0.1, -0.05) is 29.3 Å². The molecule has 1 heterocycles. The summed E-state index contributed by atoms with van der Waals surface area (Å²) < 4.78 is 19.6. The van der Waals surface area contributed by atoms with Crippen LogP contribution in [-0.4, -0.2) is 16.1 Å². The van der Waals surface area contributed by atoms with Crippen LogP contribution in [0.5, 0.6) is 11.6 Å². The summed E-state index contributed by atoms with van der Waals surface area (Å²) in [5, 5.41) is 7.50. The van der Waals surface area contributed by atoms with Crippen molar-refractivity contribution >= 4 is 29.1 Å². The van der Waals surface area contributed by atoms with Crippen molar-refractivity contribution in [3.05, 3.63) is 45.8 Å². The van der Waals surface area contributed by atoms with E-state index in [0.29, 0.717) is 0 Å². The summed E-state index contributed by atoms with van der Waals surface area (Å²) in [5.41, 5.74) is 5.32. The van der Waals surface area contributed by atoms with Gasteiger partial charge in [0.05, 0.1) is 5.02 Å². The predicted molar refractivity (Wildman–Crippen MR) is 76.0 cm³/mol. The molecule has 1 aromatic heterocycles. The maximum atomic E-state index is 14.3. The molecule has 0 radical (unpaired) electrons. The van der Waals surface area contributed by atoms with Gasteiger partial charge in [0.1, 0.15) is 0 Å². The highest BCUT2D eigenvalue weighted by Gasteiger charge is 2.16. The molecule has 2 N–H and O–H groups in total. The van der Waals surface area contributed by atoms with E-state index in [0.717, 1.165) is 0 Å². The van der Waals surface area contributed by atoms with Crippen molar-refractivity contribution in [3.8, 4) is 11.6 Å². The first-order valence-corrected chi connectivity index (χ1v) is 6.65. The molecule has 0 spiro atoms. The fraction of sp³-hybridized carbons (Fsp3) is 0.154. The van der Waals surface area contributed by atoms with Crippen molar-refractivity contribution in [3.63, 3.8) is 0 Å². The highest BCUT2D eigenvalue weighted by atomic mass is 35.5. The minimum absolute atomic E-state index is 0.0265. The molecule has 0 unspecified atom stereocenters. The molecule has 0 atom stereocenters. The van der Waals surface area contributed by atoms with E-state index in [9.17, 15) is 9.18 Å². The molecular formula is C13H10Cl2FN3O2. The number of amides is 1. The van der Waals surface area contributed by atoms with Crippen LogP contribution in [0.4, 0.5) is 4.39 Å². The molecule has 0 aliphatic rings. The Morgan fingerprint density at radius 2 is 2.00 bits per heavy atom. The number of aromatic nitrogens is 2. The van der Waals surface area contributed by atoms with Crippen molar-refractivity contribution in [2.24, 2.45) is 5.73 Å². The zero-order valence-corrected chi connectivity index (χ0v) is 12.2. The number of halogens is 3. The lowest BCUT2D eigenvalue weighted by molar-refractivity contribution is -0.117. The number of ether oxygens (including phenoxy) is 1. The third kappa shape index (κ3) is 4.03. The van der Waals surface area contributed by atoms with Gasteiger partial charge in [0, 0.05) is 12.5 Å². The van der Waals surface area contributed by atoms with Crippen LogP contribution in [0.2, 0.25) is 10.2 Å². The highest BCUT2D eigenvalue weighted by Crippen LogP contribution is 2.33. The van der Waals surface area contributed by atoms with Gasteiger partial charge in [0.2, 0.25) is 11.8 Å². The fourth-order valence-corrected chi connectivity index (χ4v) is 1.87. The number of carbonyl (C=O) groups is 1. The quantitative estimate of drug-likeness (QED) is 0.913. The molecule has 1 aromatic carbocycles. The van der Waals surface area contributed by atoms with Gasteiger partial charge in [-0.15, -0.1) is 10.2 Å². The number of nitrogens with two attached hydrogens (primary N) is 1. The van der Waals surface area contributed by atoms with Crippen LogP contribution in [0.25, 0.3) is 0 Å². The van der Waals surface area contributed by atoms with E-state index in [1.54, 1.807) is 0 Å². The lowest BCUT2D eigenvalue weighted by Crippen LogP contribution is -2.11. The first-order chi connectivity index (χ1) is 9.97. The zero-order chi connectivity index (χ0) is 15.4. The average Bonchev–Trinajstić information content (AvgIpc) is 2.44. The van der Waals surface area contributed by atoms with E-state index in [2.05, 4.69) is 10.2 Å². The minimum Gasteiger partial charge on any atom is -0.433 e. The van der Waals surface area contributed by atoms with E-state index >= 15 is 0 Å². The predicted octanol–water partition coefficient (Wildman–Crippen LogP) is 3.13. The number of hydrogen-bond acceptors (Lipinski definition) is 4. The summed E-state index contributed by atoms with van der Waals surface area (Å²) in [7, 11) is 0. The third-order valence-electron chi connectivity index (χ3n) is 2.58. The lowest BCUT2D eigenvalue weighted by atomic mass is 10.1. The van der Waals surface area contributed by atoms with Crippen LogP contribution < -0.4 is 10.5 Å². The molecule has 0 fully saturated rings. The van der Waals surface area contributed by atoms with Crippen LogP contribution >= 0.6 is 23.2 Å². The van der Waals surface area contributed by atoms with Crippen LogP contribution in [0.3, 0.4) is 0 Å². The van der Waals surface area contributed by atoms with Gasteiger partial charge in [-0.3, -0.25) is 4.79 Å². The number of hydrogen-bond donors (Lipinski definition) is 1. The molecule has 8 heteroatoms. The van der Waals surface area contributed by atoms with Gasteiger partial charge >= 0.3 is 0 Å². The van der Waals surface area contributed by atoms with Gasteiger partial charge < -0.3 is 10.5 Å². The highest BCUT2D eigenvalue weighted by molar-refractivity contribution is 6.32. The molecule has 1 amide bonds. The number of benzene rings is 1. The van der Waals surface area contributed by atoms with Crippen molar-refractivity contribution < 1.29 is 13.9 Å². The minimum atomic E-state index is -0.666. The topological polar surface area (TPSA) is 78.1 Å². The number of primary amides is 1. The average molecular weight is 330 g/mol. The van der Waals surface area contributed by atoms with E-state index in [-0.39, 0.29) is 40.2 Å². The van der Waals surface area contributed by atoms with Gasteiger partial charge in [-0.25, -0.2) is 4.39 Å². The maximum Gasteiger partial charge on any atom is 0.239 e. The molecule has 2 aromatic rings. The third-order valence-corrected chi connectivity index (χ3v) is 3.08. The molecule has 0 saturated carbocycles. The number of nitrogens with zero attached hydrogens (tertiary/aromatic N) is 2. The molecule has 0 saturated heterocycles. The SMILES string of the molecule is NC(=O)CCc1ccc(Cl)c(Oc2ccc(Cl)nn2)c1F. The Balaban J connectivity index is 2.27. The Bertz CT molecular complexity index is 665. The largest absolute Gasteiger partial charge is 0.433 e. The van der Waals surface area contributed by atoms with Gasteiger partial charge in [0.15, 0.2) is 16.7 Å². The zero-order valence-electron chi connectivity index (χ0n) is 10.6. The first kappa shape index (κ1) is 15.5. The summed E-state index contributed by atoms with van der Waals surface area (Å²) in [6.07, 6.45) is 0.180. The van der Waals surface area contributed by atoms with Crippen LogP contribution in [0.15, 0.2) is 24.3 Å². The van der Waals surface area contributed by atoms with E-state index in [4.69, 9.17) is 33.7 Å². The van der Waals surface area contributed by atoms with Crippen LogP contribution in [0, 0.1) is 5.82 Å². The number of carbonyl (C=O) groups excluding carboxylic acids is 1. The van der Waals surface area contributed by atoms with Gasteiger partial charge in [-0.05, 0) is 24.1 Å². The summed E-state index contributed by atoms with van der Waals surface area (Å²) in [6, 6.07) is 5.83. The fourth-order valence-electron chi connectivity index (χ4n) is 1.58. The van der Waals surface area contributed by atoms with Crippen LogP contribution in [-0.2, 0) is 11.2 Å². The van der Waals surface area contributed by atoms with Crippen molar-refractivity contribution in [1.82, 2.24) is 10.2 Å². The Morgan fingerprint density at radius 3 is 2.62 bits per heavy atom. The molecular weight excluding hydrogens is 320 g/mol. The lowest BCUT2D eigenvalue weighted by Gasteiger charge is -2.10. The maximum absolute atomic E-state index is 14.3. The summed E-state index contributed by atoms with van der Waals surface area (Å²) >= 11 is 11.5. The Labute approximate surface area is 129 Å². The monoisotopic (exact) mass is 329 g/mol. The Kier molecular flexibility index (Phi) is 4.93. The second-order valence-corrected chi connectivity index (χ2v) is 4.91. The number of aryl methyl sites for hydroxylation is 1. The molecule has 0 aliphatic heterocycles. The van der Waals surface area contributed by atoms with E-state index in [1.165, 1.54) is 24.3 Å². The molecule has 21 heavy (non-hydrogen) atoms. The van der Waals surface area contributed by atoms with Crippen molar-refractivity contribution in [1.29, 1.82) is 0 Å². The second-order valence-electron chi connectivity index (χ2n) is 4.11. The van der Waals surface area contributed by atoms with Crippen LogP contribution in [0.1, 0.15) is 12.0 Å². The summed E-state index contributed by atoms with van der Waals surface area (Å²) in [5.74, 6) is -1.32. The molecule has 0 aliphatic carbocycles.